The number of aromatic nitrogens is 2. The van der Waals surface area contributed by atoms with Gasteiger partial charge in [0.2, 0.25) is 5.91 Å². The van der Waals surface area contributed by atoms with Gasteiger partial charge in [0.1, 0.15) is 5.82 Å². The van der Waals surface area contributed by atoms with Crippen LogP contribution in [0.3, 0.4) is 0 Å². The second-order valence-electron chi connectivity index (χ2n) is 6.90. The van der Waals surface area contributed by atoms with Crippen LogP contribution in [0.4, 0.5) is 5.82 Å². The Hall–Kier alpha value is -2.34. The second kappa shape index (κ2) is 7.91. The average Bonchev–Trinajstić information content (AvgIpc) is 3.13. The van der Waals surface area contributed by atoms with Crippen LogP contribution in [-0.2, 0) is 4.79 Å². The number of hydrogen-bond acceptors (Lipinski definition) is 3. The SMILES string of the molecule is CC(C)c1[nH]ccc1C(=O)N1CCCC(C(=O)Nc2ccc(Cl)cn2)C1. The molecular formula is C19H23ClN4O2. The standard InChI is InChI=1S/C19H23ClN4O2/c1-12(2)17-15(7-8-21-17)19(26)24-9-3-4-13(11-24)18(25)23-16-6-5-14(20)10-22-16/h5-8,10,12-13,21H,3-4,9,11H2,1-2H3,(H,22,23,25). The Morgan fingerprint density at radius 1 is 1.35 bits per heavy atom. The van der Waals surface area contributed by atoms with E-state index in [2.05, 4.69) is 15.3 Å². The van der Waals surface area contributed by atoms with Crippen molar-refractivity contribution in [2.75, 3.05) is 18.4 Å². The van der Waals surface area contributed by atoms with E-state index in [1.807, 2.05) is 19.9 Å². The topological polar surface area (TPSA) is 78.1 Å². The van der Waals surface area contributed by atoms with Crippen LogP contribution >= 0.6 is 11.6 Å². The summed E-state index contributed by atoms with van der Waals surface area (Å²) in [4.78, 5) is 34.5. The summed E-state index contributed by atoms with van der Waals surface area (Å²) in [7, 11) is 0. The summed E-state index contributed by atoms with van der Waals surface area (Å²) in [5.74, 6) is 0.332. The molecule has 1 fully saturated rings. The van der Waals surface area contributed by atoms with Gasteiger partial charge in [-0.05, 0) is 37.0 Å². The molecule has 1 atom stereocenters. The fourth-order valence-corrected chi connectivity index (χ4v) is 3.38. The van der Waals surface area contributed by atoms with Crippen LogP contribution < -0.4 is 5.32 Å². The quantitative estimate of drug-likeness (QED) is 0.856. The Morgan fingerprint density at radius 2 is 2.15 bits per heavy atom. The van der Waals surface area contributed by atoms with Crippen molar-refractivity contribution in [2.45, 2.75) is 32.6 Å². The molecule has 7 heteroatoms. The highest BCUT2D eigenvalue weighted by molar-refractivity contribution is 6.30. The molecule has 0 spiro atoms. The lowest BCUT2D eigenvalue weighted by Crippen LogP contribution is -2.44. The minimum atomic E-state index is -0.244. The van der Waals surface area contributed by atoms with Gasteiger partial charge in [-0.1, -0.05) is 25.4 Å². The third kappa shape index (κ3) is 4.07. The van der Waals surface area contributed by atoms with Gasteiger partial charge in [-0.15, -0.1) is 0 Å². The number of rotatable bonds is 4. The lowest BCUT2D eigenvalue weighted by atomic mass is 9.96. The number of amides is 2. The molecule has 3 rings (SSSR count). The first-order valence-electron chi connectivity index (χ1n) is 8.84. The second-order valence-corrected chi connectivity index (χ2v) is 7.34. The maximum absolute atomic E-state index is 12.9. The molecule has 2 N–H and O–H groups in total. The summed E-state index contributed by atoms with van der Waals surface area (Å²) in [5, 5.41) is 3.33. The van der Waals surface area contributed by atoms with E-state index in [-0.39, 0.29) is 23.7 Å². The molecule has 1 aliphatic heterocycles. The van der Waals surface area contributed by atoms with E-state index >= 15 is 0 Å². The maximum Gasteiger partial charge on any atom is 0.255 e. The highest BCUT2D eigenvalue weighted by Crippen LogP contribution is 2.24. The number of piperidine rings is 1. The van der Waals surface area contributed by atoms with E-state index in [1.165, 1.54) is 6.20 Å². The van der Waals surface area contributed by atoms with Crippen molar-refractivity contribution in [1.29, 1.82) is 0 Å². The van der Waals surface area contributed by atoms with Crippen LogP contribution in [-0.4, -0.2) is 39.8 Å². The van der Waals surface area contributed by atoms with Crippen LogP contribution in [0.2, 0.25) is 5.02 Å². The molecule has 0 aliphatic carbocycles. The molecule has 2 aromatic heterocycles. The van der Waals surface area contributed by atoms with Gasteiger partial charge < -0.3 is 15.2 Å². The number of carbonyl (C=O) groups excluding carboxylic acids is 2. The number of nitrogens with zero attached hydrogens (tertiary/aromatic N) is 2. The molecule has 2 aromatic rings. The Labute approximate surface area is 157 Å². The summed E-state index contributed by atoms with van der Waals surface area (Å²) < 4.78 is 0. The van der Waals surface area contributed by atoms with Crippen LogP contribution in [0.1, 0.15) is 48.7 Å². The molecule has 0 bridgehead atoms. The van der Waals surface area contributed by atoms with E-state index in [9.17, 15) is 9.59 Å². The molecule has 138 valence electrons. The summed E-state index contributed by atoms with van der Waals surface area (Å²) in [5.41, 5.74) is 1.63. The maximum atomic E-state index is 12.9. The first kappa shape index (κ1) is 18.5. The summed E-state index contributed by atoms with van der Waals surface area (Å²) in [6.45, 7) is 5.19. The number of anilines is 1. The molecule has 2 amide bonds. The molecule has 1 saturated heterocycles. The van der Waals surface area contributed by atoms with Gasteiger partial charge in [0.25, 0.3) is 5.91 Å². The van der Waals surface area contributed by atoms with Crippen LogP contribution in [0.25, 0.3) is 0 Å². The normalized spacial score (nSPS) is 17.4. The number of hydrogen-bond donors (Lipinski definition) is 2. The van der Waals surface area contributed by atoms with Crippen molar-refractivity contribution >= 4 is 29.2 Å². The molecule has 1 unspecified atom stereocenters. The van der Waals surface area contributed by atoms with Gasteiger partial charge in [-0.2, -0.15) is 0 Å². The Morgan fingerprint density at radius 3 is 2.85 bits per heavy atom. The number of likely N-dealkylation sites (tertiary alicyclic amines) is 1. The molecule has 26 heavy (non-hydrogen) atoms. The van der Waals surface area contributed by atoms with E-state index < -0.39 is 0 Å². The molecule has 3 heterocycles. The monoisotopic (exact) mass is 374 g/mol. The summed E-state index contributed by atoms with van der Waals surface area (Å²) in [6, 6.07) is 5.17. The van der Waals surface area contributed by atoms with Crippen molar-refractivity contribution in [2.24, 2.45) is 5.92 Å². The Bertz CT molecular complexity index is 785. The van der Waals surface area contributed by atoms with Gasteiger partial charge in [0.05, 0.1) is 16.5 Å². The van der Waals surface area contributed by atoms with Crippen molar-refractivity contribution < 1.29 is 9.59 Å². The van der Waals surface area contributed by atoms with Crippen LogP contribution in [0.15, 0.2) is 30.6 Å². The number of H-pyrrole nitrogens is 1. The van der Waals surface area contributed by atoms with Crippen LogP contribution in [0, 0.1) is 5.92 Å². The molecule has 0 saturated carbocycles. The van der Waals surface area contributed by atoms with Gasteiger partial charge >= 0.3 is 0 Å². The third-order valence-electron chi connectivity index (χ3n) is 4.64. The summed E-state index contributed by atoms with van der Waals surface area (Å²) in [6.07, 6.45) is 4.85. The zero-order chi connectivity index (χ0) is 18.7. The van der Waals surface area contributed by atoms with E-state index in [4.69, 9.17) is 11.6 Å². The van der Waals surface area contributed by atoms with Crippen molar-refractivity contribution in [1.82, 2.24) is 14.9 Å². The highest BCUT2D eigenvalue weighted by atomic mass is 35.5. The zero-order valence-electron chi connectivity index (χ0n) is 15.0. The smallest absolute Gasteiger partial charge is 0.255 e. The fourth-order valence-electron chi connectivity index (χ4n) is 3.27. The first-order chi connectivity index (χ1) is 12.5. The number of nitrogens with one attached hydrogen (secondary N) is 2. The van der Waals surface area contributed by atoms with Crippen molar-refractivity contribution in [3.8, 4) is 0 Å². The molecule has 1 aliphatic rings. The number of carbonyl (C=O) groups is 2. The molecule has 0 radical (unpaired) electrons. The molecule has 6 nitrogen and oxygen atoms in total. The Balaban J connectivity index is 1.66. The third-order valence-corrected chi connectivity index (χ3v) is 4.87. The van der Waals surface area contributed by atoms with Gasteiger partial charge in [0.15, 0.2) is 0 Å². The predicted molar refractivity (Wildman–Crippen MR) is 101 cm³/mol. The number of pyridine rings is 1. The predicted octanol–water partition coefficient (Wildman–Crippen LogP) is 3.68. The van der Waals surface area contributed by atoms with Crippen molar-refractivity contribution in [3.05, 3.63) is 46.9 Å². The van der Waals surface area contributed by atoms with E-state index in [0.717, 1.165) is 18.5 Å². The average molecular weight is 375 g/mol. The number of halogens is 1. The lowest BCUT2D eigenvalue weighted by Gasteiger charge is -2.32. The first-order valence-corrected chi connectivity index (χ1v) is 9.22. The minimum absolute atomic E-state index is 0.0166. The number of aromatic amines is 1. The van der Waals surface area contributed by atoms with E-state index in [0.29, 0.717) is 29.5 Å². The molecular weight excluding hydrogens is 352 g/mol. The highest BCUT2D eigenvalue weighted by Gasteiger charge is 2.30. The minimum Gasteiger partial charge on any atom is -0.364 e. The van der Waals surface area contributed by atoms with Crippen molar-refractivity contribution in [3.63, 3.8) is 0 Å². The van der Waals surface area contributed by atoms with Gasteiger partial charge in [-0.3, -0.25) is 9.59 Å². The Kier molecular flexibility index (Phi) is 5.61. The zero-order valence-corrected chi connectivity index (χ0v) is 15.7. The lowest BCUT2D eigenvalue weighted by molar-refractivity contribution is -0.121. The van der Waals surface area contributed by atoms with Gasteiger partial charge in [0, 0.05) is 31.2 Å². The van der Waals surface area contributed by atoms with Crippen LogP contribution in [0.5, 0.6) is 0 Å². The largest absolute Gasteiger partial charge is 0.364 e. The molecule has 0 aromatic carbocycles. The summed E-state index contributed by atoms with van der Waals surface area (Å²) >= 11 is 5.81. The van der Waals surface area contributed by atoms with Gasteiger partial charge in [-0.25, -0.2) is 4.98 Å². The van der Waals surface area contributed by atoms with E-state index in [1.54, 1.807) is 23.2 Å². The fraction of sp³-hybridized carbons (Fsp3) is 0.421.